The van der Waals surface area contributed by atoms with Crippen molar-refractivity contribution in [2.45, 2.75) is 26.8 Å². The number of likely N-dealkylation sites (tertiary alicyclic amines) is 1. The number of aryl methyl sites for hydroxylation is 2. The van der Waals surface area contributed by atoms with Crippen molar-refractivity contribution in [3.05, 3.63) is 59.4 Å². The molecule has 2 aromatic rings. The first-order valence-corrected chi connectivity index (χ1v) is 9.56. The molecule has 0 spiro atoms. The minimum absolute atomic E-state index is 0.00360. The summed E-state index contributed by atoms with van der Waals surface area (Å²) in [4.78, 5) is 32.6. The van der Waals surface area contributed by atoms with E-state index >= 15 is 0 Å². The van der Waals surface area contributed by atoms with Gasteiger partial charge in [0.2, 0.25) is 11.8 Å². The Hall–Kier alpha value is -2.89. The van der Waals surface area contributed by atoms with E-state index in [0.29, 0.717) is 26.2 Å². The molecule has 1 fully saturated rings. The van der Waals surface area contributed by atoms with Gasteiger partial charge in [0.05, 0.1) is 24.7 Å². The van der Waals surface area contributed by atoms with E-state index in [0.717, 1.165) is 22.6 Å². The molecule has 6 nitrogen and oxygen atoms in total. The minimum atomic E-state index is -0.303. The summed E-state index contributed by atoms with van der Waals surface area (Å²) in [5.41, 5.74) is 3.13. The summed E-state index contributed by atoms with van der Waals surface area (Å²) in [7, 11) is 1.76. The van der Waals surface area contributed by atoms with Crippen molar-refractivity contribution >= 4 is 11.8 Å². The second kappa shape index (κ2) is 8.87. The molecule has 0 radical (unpaired) electrons. The smallest absolute Gasteiger partial charge is 0.227 e. The Balaban J connectivity index is 1.48. The first-order valence-electron chi connectivity index (χ1n) is 9.56. The van der Waals surface area contributed by atoms with E-state index in [-0.39, 0.29) is 24.2 Å². The highest BCUT2D eigenvalue weighted by Gasteiger charge is 2.35. The van der Waals surface area contributed by atoms with Crippen molar-refractivity contribution in [2.24, 2.45) is 5.92 Å². The van der Waals surface area contributed by atoms with E-state index in [1.807, 2.05) is 44.2 Å². The predicted molar refractivity (Wildman–Crippen MR) is 107 cm³/mol. The van der Waals surface area contributed by atoms with E-state index in [9.17, 15) is 9.59 Å². The number of hydrogen-bond acceptors (Lipinski definition) is 4. The Bertz CT molecular complexity index is 818. The first kappa shape index (κ1) is 19.9. The maximum absolute atomic E-state index is 12.7. The van der Waals surface area contributed by atoms with Gasteiger partial charge in [-0.2, -0.15) is 0 Å². The second-order valence-electron chi connectivity index (χ2n) is 7.43. The van der Waals surface area contributed by atoms with Crippen molar-refractivity contribution in [3.8, 4) is 5.75 Å². The van der Waals surface area contributed by atoms with Crippen molar-refractivity contribution in [1.29, 1.82) is 0 Å². The van der Waals surface area contributed by atoms with Crippen LogP contribution in [-0.2, 0) is 16.1 Å². The number of aromatic nitrogens is 1. The molecule has 6 heteroatoms. The van der Waals surface area contributed by atoms with Crippen LogP contribution in [0.1, 0.15) is 23.2 Å². The maximum atomic E-state index is 12.7. The summed E-state index contributed by atoms with van der Waals surface area (Å²) >= 11 is 0. The maximum Gasteiger partial charge on any atom is 0.227 e. The van der Waals surface area contributed by atoms with Crippen LogP contribution in [0, 0.1) is 19.8 Å². The number of pyridine rings is 1. The number of carbonyl (C=O) groups is 2. The highest BCUT2D eigenvalue weighted by molar-refractivity contribution is 5.89. The van der Waals surface area contributed by atoms with Gasteiger partial charge in [0.1, 0.15) is 12.4 Å². The molecular weight excluding hydrogens is 354 g/mol. The van der Waals surface area contributed by atoms with Crippen LogP contribution in [0.5, 0.6) is 5.75 Å². The third-order valence-electron chi connectivity index (χ3n) is 4.91. The molecule has 1 saturated heterocycles. The van der Waals surface area contributed by atoms with Crippen LogP contribution in [0.15, 0.2) is 42.6 Å². The summed E-state index contributed by atoms with van der Waals surface area (Å²) in [5, 5.41) is 0. The van der Waals surface area contributed by atoms with Crippen molar-refractivity contribution in [1.82, 2.24) is 14.8 Å². The van der Waals surface area contributed by atoms with Gasteiger partial charge >= 0.3 is 0 Å². The Morgan fingerprint density at radius 3 is 2.68 bits per heavy atom. The summed E-state index contributed by atoms with van der Waals surface area (Å²) in [6, 6.07) is 11.7. The quantitative estimate of drug-likeness (QED) is 0.740. The number of ether oxygens (including phenoxy) is 1. The number of carbonyl (C=O) groups excluding carboxylic acids is 2. The van der Waals surface area contributed by atoms with Gasteiger partial charge in [-0.15, -0.1) is 0 Å². The fraction of sp³-hybridized carbons (Fsp3) is 0.409. The molecule has 3 rings (SSSR count). The fourth-order valence-electron chi connectivity index (χ4n) is 3.52. The monoisotopic (exact) mass is 381 g/mol. The summed E-state index contributed by atoms with van der Waals surface area (Å²) in [5.74, 6) is 0.503. The Morgan fingerprint density at radius 2 is 2.00 bits per heavy atom. The first-order chi connectivity index (χ1) is 13.4. The zero-order chi connectivity index (χ0) is 20.1. The number of likely N-dealkylation sites (N-methyl/N-ethyl adjacent to an activating group) is 1. The minimum Gasteiger partial charge on any atom is -0.492 e. The van der Waals surface area contributed by atoms with Gasteiger partial charge in [-0.25, -0.2) is 0 Å². The van der Waals surface area contributed by atoms with Crippen LogP contribution >= 0.6 is 0 Å². The molecule has 1 unspecified atom stereocenters. The van der Waals surface area contributed by atoms with Crippen molar-refractivity contribution in [2.75, 3.05) is 26.7 Å². The van der Waals surface area contributed by atoms with Crippen LogP contribution in [0.25, 0.3) is 0 Å². The lowest BCUT2D eigenvalue weighted by Gasteiger charge is -2.21. The predicted octanol–water partition coefficient (Wildman–Crippen LogP) is 2.58. The number of benzene rings is 1. The molecule has 1 aliphatic rings. The topological polar surface area (TPSA) is 62.7 Å². The SMILES string of the molecule is Cc1cc(C)cc(OCCN(C)C(=O)C2CC(=O)N(Cc3ccccn3)C2)c1. The van der Waals surface area contributed by atoms with E-state index < -0.39 is 0 Å². The van der Waals surface area contributed by atoms with E-state index in [2.05, 4.69) is 11.1 Å². The molecule has 148 valence electrons. The molecule has 2 amide bonds. The van der Waals surface area contributed by atoms with Crippen LogP contribution in [-0.4, -0.2) is 53.3 Å². The lowest BCUT2D eigenvalue weighted by atomic mass is 10.1. The zero-order valence-electron chi connectivity index (χ0n) is 16.7. The molecular formula is C22H27N3O3. The normalized spacial score (nSPS) is 16.3. The number of hydrogen-bond donors (Lipinski definition) is 0. The summed E-state index contributed by atoms with van der Waals surface area (Å²) < 4.78 is 5.79. The number of nitrogens with zero attached hydrogens (tertiary/aromatic N) is 3. The highest BCUT2D eigenvalue weighted by atomic mass is 16.5. The molecule has 1 atom stereocenters. The van der Waals surface area contributed by atoms with Crippen LogP contribution in [0.2, 0.25) is 0 Å². The molecule has 0 aliphatic carbocycles. The van der Waals surface area contributed by atoms with E-state index in [1.165, 1.54) is 0 Å². The Labute approximate surface area is 166 Å². The largest absolute Gasteiger partial charge is 0.492 e. The second-order valence-corrected chi connectivity index (χ2v) is 7.43. The standard InChI is InChI=1S/C22H27N3O3/c1-16-10-17(2)12-20(11-16)28-9-8-24(3)22(27)18-13-21(26)25(14-18)15-19-6-4-5-7-23-19/h4-7,10-12,18H,8-9,13-15H2,1-3H3. The van der Waals surface area contributed by atoms with Gasteiger partial charge in [-0.1, -0.05) is 12.1 Å². The molecule has 1 aromatic carbocycles. The molecule has 0 saturated carbocycles. The van der Waals surface area contributed by atoms with Gasteiger partial charge in [-0.05, 0) is 49.2 Å². The zero-order valence-corrected chi connectivity index (χ0v) is 16.7. The number of rotatable bonds is 7. The van der Waals surface area contributed by atoms with Gasteiger partial charge < -0.3 is 14.5 Å². The number of amides is 2. The van der Waals surface area contributed by atoms with Gasteiger partial charge in [0.15, 0.2) is 0 Å². The molecule has 0 N–H and O–H groups in total. The van der Waals surface area contributed by atoms with Gasteiger partial charge in [0, 0.05) is 26.2 Å². The Kier molecular flexibility index (Phi) is 6.29. The van der Waals surface area contributed by atoms with Crippen LogP contribution in [0.3, 0.4) is 0 Å². The lowest BCUT2D eigenvalue weighted by Crippen LogP contribution is -2.37. The van der Waals surface area contributed by atoms with E-state index in [4.69, 9.17) is 4.74 Å². The van der Waals surface area contributed by atoms with Gasteiger partial charge in [0.25, 0.3) is 0 Å². The third kappa shape index (κ3) is 5.09. The summed E-state index contributed by atoms with van der Waals surface area (Å²) in [6.07, 6.45) is 1.97. The summed E-state index contributed by atoms with van der Waals surface area (Å²) in [6.45, 7) is 5.85. The lowest BCUT2D eigenvalue weighted by molar-refractivity contribution is -0.134. The van der Waals surface area contributed by atoms with Crippen LogP contribution < -0.4 is 4.74 Å². The average Bonchev–Trinajstić information content (AvgIpc) is 3.01. The van der Waals surface area contributed by atoms with Crippen molar-refractivity contribution in [3.63, 3.8) is 0 Å². The third-order valence-corrected chi connectivity index (χ3v) is 4.91. The molecule has 1 aliphatic heterocycles. The molecule has 28 heavy (non-hydrogen) atoms. The molecule has 1 aromatic heterocycles. The van der Waals surface area contributed by atoms with Gasteiger partial charge in [-0.3, -0.25) is 14.6 Å². The molecule has 0 bridgehead atoms. The molecule has 2 heterocycles. The fourth-order valence-corrected chi connectivity index (χ4v) is 3.52. The van der Waals surface area contributed by atoms with Crippen LogP contribution in [0.4, 0.5) is 0 Å². The highest BCUT2D eigenvalue weighted by Crippen LogP contribution is 2.21. The van der Waals surface area contributed by atoms with E-state index in [1.54, 1.807) is 23.0 Å². The van der Waals surface area contributed by atoms with Crippen molar-refractivity contribution < 1.29 is 14.3 Å². The average molecular weight is 381 g/mol. The Morgan fingerprint density at radius 1 is 1.25 bits per heavy atom.